The summed E-state index contributed by atoms with van der Waals surface area (Å²) in [5, 5.41) is 4.40. The fourth-order valence-corrected chi connectivity index (χ4v) is 3.48. The number of carbonyl (C=O) groups excluding carboxylic acids is 2. The molecule has 30 heavy (non-hydrogen) atoms. The Morgan fingerprint density at radius 1 is 1.10 bits per heavy atom. The van der Waals surface area contributed by atoms with Gasteiger partial charge in [-0.3, -0.25) is 19.8 Å². The van der Waals surface area contributed by atoms with Crippen molar-refractivity contribution in [2.24, 2.45) is 0 Å². The second kappa shape index (κ2) is 9.69. The average molecular weight is 429 g/mol. The molecule has 2 amide bonds. The van der Waals surface area contributed by atoms with Crippen LogP contribution in [0, 0.1) is 0 Å². The van der Waals surface area contributed by atoms with Gasteiger partial charge in [-0.1, -0.05) is 12.1 Å². The molecule has 1 N–H and O–H groups in total. The molecule has 1 fully saturated rings. The molecule has 1 aliphatic heterocycles. The molecular formula is C22H24N2O5S. The first-order chi connectivity index (χ1) is 14.5. The zero-order chi connectivity index (χ0) is 21.7. The van der Waals surface area contributed by atoms with Gasteiger partial charge in [-0.15, -0.1) is 0 Å². The van der Waals surface area contributed by atoms with E-state index < -0.39 is 11.8 Å². The van der Waals surface area contributed by atoms with Crippen molar-refractivity contribution in [3.05, 3.63) is 41.5 Å². The van der Waals surface area contributed by atoms with Crippen molar-refractivity contribution in [2.45, 2.75) is 13.8 Å². The lowest BCUT2D eigenvalue weighted by Gasteiger charge is -2.28. The number of carbonyl (C=O) groups is 2. The lowest BCUT2D eigenvalue weighted by molar-refractivity contribution is -0.129. The van der Waals surface area contributed by atoms with Crippen molar-refractivity contribution in [3.8, 4) is 11.5 Å². The van der Waals surface area contributed by atoms with Gasteiger partial charge in [0, 0.05) is 12.7 Å². The minimum absolute atomic E-state index is 0.0185. The van der Waals surface area contributed by atoms with E-state index in [1.165, 1.54) is 12.0 Å². The number of rotatable bonds is 8. The standard InChI is InChI=1S/C22H24N2O5S/c1-4-28-15-8-6-14-7-9-19(29-5-2)17(16(14)12-15)13-18-20(25)23-22(30)24(21(18)26)10-11-27-3/h6-9,12-13H,4-5,10-11H2,1-3H3,(H,23,25,30). The van der Waals surface area contributed by atoms with E-state index in [0.29, 0.717) is 36.9 Å². The van der Waals surface area contributed by atoms with Gasteiger partial charge in [0.2, 0.25) is 0 Å². The molecule has 0 unspecified atom stereocenters. The number of benzene rings is 2. The van der Waals surface area contributed by atoms with Gasteiger partial charge < -0.3 is 14.2 Å². The third-order valence-corrected chi connectivity index (χ3v) is 4.92. The van der Waals surface area contributed by atoms with E-state index in [9.17, 15) is 9.59 Å². The molecule has 0 aliphatic carbocycles. The Balaban J connectivity index is 2.15. The summed E-state index contributed by atoms with van der Waals surface area (Å²) >= 11 is 5.15. The Labute approximate surface area is 180 Å². The summed E-state index contributed by atoms with van der Waals surface area (Å²) in [5.41, 5.74) is 0.615. The zero-order valence-corrected chi connectivity index (χ0v) is 18.0. The Hall–Kier alpha value is -2.97. The van der Waals surface area contributed by atoms with Gasteiger partial charge in [-0.05, 0) is 61.1 Å². The summed E-state index contributed by atoms with van der Waals surface area (Å²) in [4.78, 5) is 26.9. The van der Waals surface area contributed by atoms with Gasteiger partial charge in [-0.25, -0.2) is 0 Å². The number of nitrogens with one attached hydrogen (secondary N) is 1. The smallest absolute Gasteiger partial charge is 0.265 e. The molecule has 0 spiro atoms. The summed E-state index contributed by atoms with van der Waals surface area (Å²) in [6.45, 7) is 5.30. The van der Waals surface area contributed by atoms with Crippen molar-refractivity contribution in [1.82, 2.24) is 10.2 Å². The second-order valence-electron chi connectivity index (χ2n) is 6.49. The number of thiocarbonyl (C=S) groups is 1. The van der Waals surface area contributed by atoms with Gasteiger partial charge in [0.25, 0.3) is 11.8 Å². The third-order valence-electron chi connectivity index (χ3n) is 4.60. The Morgan fingerprint density at radius 2 is 1.83 bits per heavy atom. The van der Waals surface area contributed by atoms with Crippen LogP contribution >= 0.6 is 12.2 Å². The molecule has 1 heterocycles. The minimum atomic E-state index is -0.543. The van der Waals surface area contributed by atoms with Crippen LogP contribution in [0.2, 0.25) is 0 Å². The van der Waals surface area contributed by atoms with Crippen LogP contribution in [0.4, 0.5) is 0 Å². The monoisotopic (exact) mass is 428 g/mol. The van der Waals surface area contributed by atoms with E-state index in [1.54, 1.807) is 6.08 Å². The van der Waals surface area contributed by atoms with Crippen LogP contribution in [0.3, 0.4) is 0 Å². The van der Waals surface area contributed by atoms with Gasteiger partial charge >= 0.3 is 0 Å². The first-order valence-corrected chi connectivity index (χ1v) is 10.1. The fourth-order valence-electron chi connectivity index (χ4n) is 3.21. The predicted octanol–water partition coefficient (Wildman–Crippen LogP) is 2.91. The van der Waals surface area contributed by atoms with Crippen molar-refractivity contribution < 1.29 is 23.8 Å². The van der Waals surface area contributed by atoms with Crippen LogP contribution < -0.4 is 14.8 Å². The third kappa shape index (κ3) is 4.44. The molecule has 3 rings (SSSR count). The number of nitrogens with zero attached hydrogens (tertiary/aromatic N) is 1. The topological polar surface area (TPSA) is 77.1 Å². The Bertz CT molecular complexity index is 1010. The van der Waals surface area contributed by atoms with E-state index in [4.69, 9.17) is 26.4 Å². The molecule has 2 aromatic rings. The normalized spacial score (nSPS) is 15.6. The maximum Gasteiger partial charge on any atom is 0.265 e. The molecule has 0 atom stereocenters. The molecule has 1 saturated heterocycles. The van der Waals surface area contributed by atoms with Crippen molar-refractivity contribution in [1.29, 1.82) is 0 Å². The Kier molecular flexibility index (Phi) is 7.02. The van der Waals surface area contributed by atoms with E-state index in [0.717, 1.165) is 10.8 Å². The summed E-state index contributed by atoms with van der Waals surface area (Å²) in [6.07, 6.45) is 1.56. The molecule has 2 aromatic carbocycles. The summed E-state index contributed by atoms with van der Waals surface area (Å²) in [7, 11) is 1.53. The lowest BCUT2D eigenvalue weighted by Crippen LogP contribution is -2.54. The molecule has 158 valence electrons. The number of hydrogen-bond donors (Lipinski definition) is 1. The van der Waals surface area contributed by atoms with Crippen molar-refractivity contribution in [3.63, 3.8) is 0 Å². The highest BCUT2D eigenvalue weighted by molar-refractivity contribution is 7.80. The van der Waals surface area contributed by atoms with Gasteiger partial charge in [0.1, 0.15) is 17.1 Å². The highest BCUT2D eigenvalue weighted by atomic mass is 32.1. The Morgan fingerprint density at radius 3 is 2.53 bits per heavy atom. The van der Waals surface area contributed by atoms with Crippen LogP contribution in [-0.2, 0) is 14.3 Å². The number of methoxy groups -OCH3 is 1. The van der Waals surface area contributed by atoms with Crippen LogP contribution in [0.1, 0.15) is 19.4 Å². The van der Waals surface area contributed by atoms with E-state index >= 15 is 0 Å². The average Bonchev–Trinajstić information content (AvgIpc) is 2.72. The minimum Gasteiger partial charge on any atom is -0.494 e. The maximum atomic E-state index is 13.0. The molecule has 0 bridgehead atoms. The largest absolute Gasteiger partial charge is 0.494 e. The second-order valence-corrected chi connectivity index (χ2v) is 6.88. The zero-order valence-electron chi connectivity index (χ0n) is 17.2. The summed E-state index contributed by atoms with van der Waals surface area (Å²) < 4.78 is 16.5. The van der Waals surface area contributed by atoms with Crippen LogP contribution in [0.25, 0.3) is 16.8 Å². The fraction of sp³-hybridized carbons (Fsp3) is 0.318. The molecule has 0 radical (unpaired) electrons. The number of hydrogen-bond acceptors (Lipinski definition) is 6. The first kappa shape index (κ1) is 21.7. The molecule has 0 saturated carbocycles. The van der Waals surface area contributed by atoms with E-state index in [1.807, 2.05) is 44.2 Å². The number of ether oxygens (including phenoxy) is 3. The van der Waals surface area contributed by atoms with E-state index in [2.05, 4.69) is 5.32 Å². The quantitative estimate of drug-likeness (QED) is 0.396. The maximum absolute atomic E-state index is 13.0. The molecule has 7 nitrogen and oxygen atoms in total. The van der Waals surface area contributed by atoms with Crippen molar-refractivity contribution in [2.75, 3.05) is 33.5 Å². The van der Waals surface area contributed by atoms with Crippen LogP contribution in [0.5, 0.6) is 11.5 Å². The summed E-state index contributed by atoms with van der Waals surface area (Å²) in [6, 6.07) is 9.46. The van der Waals surface area contributed by atoms with Gasteiger partial charge in [0.15, 0.2) is 5.11 Å². The highest BCUT2D eigenvalue weighted by Gasteiger charge is 2.33. The SMILES string of the molecule is CCOc1ccc2ccc(OCC)c(C=C3C(=O)NC(=S)N(CCOC)C3=O)c2c1. The van der Waals surface area contributed by atoms with E-state index in [-0.39, 0.29) is 17.2 Å². The molecule has 1 aliphatic rings. The number of fused-ring (bicyclic) bond motifs is 1. The molecular weight excluding hydrogens is 404 g/mol. The van der Waals surface area contributed by atoms with Crippen LogP contribution in [0.15, 0.2) is 35.9 Å². The highest BCUT2D eigenvalue weighted by Crippen LogP contribution is 2.33. The van der Waals surface area contributed by atoms with Crippen molar-refractivity contribution >= 4 is 46.0 Å². The summed E-state index contributed by atoms with van der Waals surface area (Å²) in [5.74, 6) is 0.254. The molecule has 0 aromatic heterocycles. The number of amides is 2. The first-order valence-electron chi connectivity index (χ1n) is 9.70. The lowest BCUT2D eigenvalue weighted by atomic mass is 9.99. The molecule has 8 heteroatoms. The van der Waals surface area contributed by atoms with Gasteiger partial charge in [0.05, 0.1) is 26.4 Å². The predicted molar refractivity (Wildman–Crippen MR) is 119 cm³/mol. The van der Waals surface area contributed by atoms with Crippen LogP contribution in [-0.4, -0.2) is 55.3 Å². The van der Waals surface area contributed by atoms with Gasteiger partial charge in [-0.2, -0.15) is 0 Å².